The second-order valence-electron chi connectivity index (χ2n) is 7.27. The van der Waals surface area contributed by atoms with Crippen molar-refractivity contribution in [3.8, 4) is 0 Å². The maximum absolute atomic E-state index is 13.9. The van der Waals surface area contributed by atoms with Crippen LogP contribution in [-0.4, -0.2) is 58.9 Å². The number of phosphoric ester groups is 1. The number of aryl methyl sites for hydroxylation is 1. The Morgan fingerprint density at radius 2 is 1.79 bits per heavy atom. The molecule has 34 heavy (non-hydrogen) atoms. The van der Waals surface area contributed by atoms with E-state index < -0.39 is 58.3 Å². The largest absolute Gasteiger partial charge is 0.481 e. The van der Waals surface area contributed by atoms with Gasteiger partial charge in [-0.15, -0.1) is 0 Å². The summed E-state index contributed by atoms with van der Waals surface area (Å²) in [4.78, 5) is 39.5. The zero-order valence-electron chi connectivity index (χ0n) is 17.2. The average molecular weight is 525 g/mol. The van der Waals surface area contributed by atoms with E-state index in [2.05, 4.69) is 8.83 Å². The fraction of sp³-hybridized carbons (Fsp3) is 0.412. The van der Waals surface area contributed by atoms with E-state index in [9.17, 15) is 33.4 Å². The van der Waals surface area contributed by atoms with Crippen LogP contribution in [0.25, 0.3) is 0 Å². The summed E-state index contributed by atoms with van der Waals surface area (Å²) in [6, 6.07) is 7.13. The molecule has 1 fully saturated rings. The van der Waals surface area contributed by atoms with Crippen LogP contribution in [0.1, 0.15) is 11.8 Å². The number of ether oxygens (including phenoxy) is 1. The summed E-state index contributed by atoms with van der Waals surface area (Å²) in [5.41, 5.74) is -0.708. The molecule has 1 aromatic heterocycles. The number of aliphatic hydroxyl groups excluding tert-OH is 2. The van der Waals surface area contributed by atoms with Crippen molar-refractivity contribution < 1.29 is 52.0 Å². The van der Waals surface area contributed by atoms with E-state index in [-0.39, 0.29) is 18.5 Å². The number of nitrogens with zero attached hydrogens (tertiary/aromatic N) is 2. The van der Waals surface area contributed by atoms with Gasteiger partial charge in [-0.25, -0.2) is 18.3 Å². The van der Waals surface area contributed by atoms with E-state index >= 15 is 0 Å². The van der Waals surface area contributed by atoms with Crippen LogP contribution < -0.4 is 11.2 Å². The molecule has 2 aromatic rings. The van der Waals surface area contributed by atoms with Gasteiger partial charge in [0.05, 0.1) is 6.61 Å². The predicted octanol–water partition coefficient (Wildman–Crippen LogP) is -0.643. The molecule has 0 bridgehead atoms. The van der Waals surface area contributed by atoms with Crippen LogP contribution in [0.5, 0.6) is 0 Å². The molecular weight excluding hydrogens is 503 g/mol. The molecule has 2 heterocycles. The van der Waals surface area contributed by atoms with Crippen LogP contribution in [0, 0.1) is 11.2 Å². The van der Waals surface area contributed by atoms with Gasteiger partial charge >= 0.3 is 21.3 Å². The monoisotopic (exact) mass is 525 g/mol. The summed E-state index contributed by atoms with van der Waals surface area (Å²) in [6.07, 6.45) is -5.23. The lowest BCUT2D eigenvalue weighted by Gasteiger charge is -2.19. The summed E-state index contributed by atoms with van der Waals surface area (Å²) >= 11 is 0. The highest BCUT2D eigenvalue weighted by molar-refractivity contribution is 7.60. The third kappa shape index (κ3) is 6.34. The molecule has 0 aliphatic carbocycles. The third-order valence-electron chi connectivity index (χ3n) is 4.92. The van der Waals surface area contributed by atoms with Gasteiger partial charge in [-0.1, -0.05) is 18.2 Å². The van der Waals surface area contributed by atoms with Crippen LogP contribution in [-0.2, 0) is 35.7 Å². The second-order valence-corrected chi connectivity index (χ2v) is 10.1. The number of hydrogen-bond acceptors (Lipinski definition) is 9. The van der Waals surface area contributed by atoms with Crippen LogP contribution >= 0.6 is 15.6 Å². The number of benzene rings is 1. The first-order valence-corrected chi connectivity index (χ1v) is 12.7. The average Bonchev–Trinajstić information content (AvgIpc) is 3.00. The van der Waals surface area contributed by atoms with Crippen LogP contribution in [0.3, 0.4) is 0 Å². The smallest absolute Gasteiger partial charge is 0.387 e. The van der Waals surface area contributed by atoms with Gasteiger partial charge in [0, 0.05) is 12.7 Å². The SMILES string of the molecule is N=c1ccn([C@@H]2O[C@H](COP(=O)(O)OP(=O)(O)O)[C@H](O)[C@@H]2O)c(=O)n1CCc1ccccc1F. The molecule has 0 radical (unpaired) electrons. The van der Waals surface area contributed by atoms with Crippen LogP contribution in [0.15, 0.2) is 41.3 Å². The van der Waals surface area contributed by atoms with Gasteiger partial charge in [0.25, 0.3) is 0 Å². The highest BCUT2D eigenvalue weighted by Crippen LogP contribution is 2.57. The first-order chi connectivity index (χ1) is 15.8. The number of hydrogen-bond donors (Lipinski definition) is 6. The van der Waals surface area contributed by atoms with Gasteiger partial charge in [0.2, 0.25) is 0 Å². The Bertz CT molecular complexity index is 1250. The zero-order chi connectivity index (χ0) is 25.3. The van der Waals surface area contributed by atoms with E-state index in [0.717, 1.165) is 15.3 Å². The van der Waals surface area contributed by atoms with Crippen molar-refractivity contribution in [3.05, 3.63) is 63.9 Å². The van der Waals surface area contributed by atoms with Gasteiger partial charge in [-0.05, 0) is 24.1 Å². The molecule has 1 aliphatic rings. The van der Waals surface area contributed by atoms with Crippen molar-refractivity contribution in [2.75, 3.05) is 6.61 Å². The van der Waals surface area contributed by atoms with E-state index in [0.29, 0.717) is 5.56 Å². The van der Waals surface area contributed by atoms with E-state index in [1.165, 1.54) is 24.3 Å². The minimum absolute atomic E-state index is 0.0786. The molecule has 0 amide bonds. The van der Waals surface area contributed by atoms with E-state index in [1.807, 2.05) is 0 Å². The summed E-state index contributed by atoms with van der Waals surface area (Å²) in [5.74, 6) is -0.477. The summed E-state index contributed by atoms with van der Waals surface area (Å²) < 4.78 is 51.5. The van der Waals surface area contributed by atoms with Crippen molar-refractivity contribution in [1.82, 2.24) is 9.13 Å². The maximum Gasteiger partial charge on any atom is 0.481 e. The number of halogens is 1. The quantitative estimate of drug-likeness (QED) is 0.226. The van der Waals surface area contributed by atoms with Crippen LogP contribution in [0.4, 0.5) is 4.39 Å². The number of phosphoric acid groups is 2. The first kappa shape index (κ1) is 26.6. The summed E-state index contributed by atoms with van der Waals surface area (Å²) in [7, 11) is -10.6. The second kappa shape index (κ2) is 10.3. The molecule has 6 N–H and O–H groups in total. The van der Waals surface area contributed by atoms with Gasteiger partial charge in [0.15, 0.2) is 6.23 Å². The minimum Gasteiger partial charge on any atom is -0.387 e. The minimum atomic E-state index is -5.37. The topological polar surface area (TPSA) is 214 Å². The third-order valence-corrected chi connectivity index (χ3v) is 7.07. The van der Waals surface area contributed by atoms with E-state index in [1.54, 1.807) is 6.07 Å². The Morgan fingerprint density at radius 1 is 1.12 bits per heavy atom. The fourth-order valence-electron chi connectivity index (χ4n) is 3.31. The summed E-state index contributed by atoms with van der Waals surface area (Å²) in [6.45, 7) is -1.01. The fourth-order valence-corrected chi connectivity index (χ4v) is 4.91. The maximum atomic E-state index is 13.9. The molecule has 1 aromatic carbocycles. The molecular formula is C17H22FN3O11P2. The Labute approximate surface area is 190 Å². The Morgan fingerprint density at radius 3 is 2.44 bits per heavy atom. The lowest BCUT2D eigenvalue weighted by atomic mass is 10.1. The number of rotatable bonds is 9. The molecule has 3 rings (SSSR count). The van der Waals surface area contributed by atoms with Gasteiger partial charge in [-0.2, -0.15) is 4.31 Å². The van der Waals surface area contributed by atoms with Crippen LogP contribution in [0.2, 0.25) is 0 Å². The van der Waals surface area contributed by atoms with Gasteiger partial charge in [0.1, 0.15) is 29.6 Å². The van der Waals surface area contributed by atoms with Gasteiger partial charge < -0.3 is 29.6 Å². The molecule has 1 unspecified atom stereocenters. The number of aliphatic hydroxyl groups is 2. The molecule has 5 atom stereocenters. The van der Waals surface area contributed by atoms with Crippen molar-refractivity contribution in [3.63, 3.8) is 0 Å². The molecule has 0 saturated carbocycles. The van der Waals surface area contributed by atoms with Gasteiger partial charge in [-0.3, -0.25) is 19.1 Å². The Hall–Kier alpha value is -2.03. The van der Waals surface area contributed by atoms with Crippen molar-refractivity contribution in [1.29, 1.82) is 5.41 Å². The van der Waals surface area contributed by atoms with E-state index in [4.69, 9.17) is 19.9 Å². The molecule has 1 aliphatic heterocycles. The predicted molar refractivity (Wildman–Crippen MR) is 109 cm³/mol. The Kier molecular flexibility index (Phi) is 8.05. The lowest BCUT2D eigenvalue weighted by Crippen LogP contribution is -2.43. The summed E-state index contributed by atoms with van der Waals surface area (Å²) in [5, 5.41) is 28.5. The number of aromatic nitrogens is 2. The highest BCUT2D eigenvalue weighted by Gasteiger charge is 2.45. The molecule has 188 valence electrons. The van der Waals surface area contributed by atoms with Crippen molar-refractivity contribution in [2.45, 2.75) is 37.5 Å². The molecule has 14 nitrogen and oxygen atoms in total. The molecule has 0 spiro atoms. The highest BCUT2D eigenvalue weighted by atomic mass is 31.3. The normalized spacial score (nSPS) is 24.8. The standard InChI is InChI=1S/C17H22FN3O11P2/c18-11-4-2-1-3-10(11)5-7-20-13(19)6-8-21(17(20)24)16-15(23)14(22)12(31-16)9-30-34(28,29)32-33(25,26)27/h1-4,6,8,12,14-16,19,22-23H,5,7,9H2,(H,28,29)(H2,25,26,27)/t12-,14+,15+,16-/m1/s1. The Balaban J connectivity index is 1.76. The van der Waals surface area contributed by atoms with Crippen molar-refractivity contribution >= 4 is 15.6 Å². The van der Waals surface area contributed by atoms with Crippen molar-refractivity contribution in [2.24, 2.45) is 0 Å². The lowest BCUT2D eigenvalue weighted by molar-refractivity contribution is -0.0548. The zero-order valence-corrected chi connectivity index (χ0v) is 19.0. The number of nitrogens with one attached hydrogen (secondary N) is 1. The molecule has 17 heteroatoms. The molecule has 1 saturated heterocycles. The first-order valence-electron chi connectivity index (χ1n) is 9.65.